The van der Waals surface area contributed by atoms with Crippen LogP contribution < -0.4 is 10.6 Å². The van der Waals surface area contributed by atoms with Gasteiger partial charge in [-0.2, -0.15) is 0 Å². The molecule has 2 amide bonds. The fourth-order valence-electron chi connectivity index (χ4n) is 3.80. The summed E-state index contributed by atoms with van der Waals surface area (Å²) in [5.41, 5.74) is 1.96. The number of hydrogen-bond donors (Lipinski definition) is 2. The van der Waals surface area contributed by atoms with E-state index in [2.05, 4.69) is 10.6 Å². The molecule has 0 saturated heterocycles. The Bertz CT molecular complexity index is 436. The summed E-state index contributed by atoms with van der Waals surface area (Å²) in [6.07, 6.45) is 10.5. The van der Waals surface area contributed by atoms with Gasteiger partial charge in [-0.05, 0) is 37.7 Å². The van der Waals surface area contributed by atoms with Crippen molar-refractivity contribution in [2.45, 2.75) is 76.3 Å². The maximum Gasteiger partial charge on any atom is 0.248 e. The van der Waals surface area contributed by atoms with Gasteiger partial charge in [0.05, 0.1) is 12.5 Å². The van der Waals surface area contributed by atoms with Crippen LogP contribution in [0.25, 0.3) is 0 Å². The van der Waals surface area contributed by atoms with Crippen LogP contribution in [0.4, 0.5) is 0 Å². The zero-order valence-corrected chi connectivity index (χ0v) is 12.0. The lowest BCUT2D eigenvalue weighted by molar-refractivity contribution is -0.123. The molecule has 2 saturated carbocycles. The lowest BCUT2D eigenvalue weighted by Gasteiger charge is -2.23. The summed E-state index contributed by atoms with van der Waals surface area (Å²) in [5, 5.41) is 6.13. The Morgan fingerprint density at radius 3 is 2.65 bits per heavy atom. The maximum absolute atomic E-state index is 12.2. The first-order valence-corrected chi connectivity index (χ1v) is 8.06. The first kappa shape index (κ1) is 13.7. The highest BCUT2D eigenvalue weighted by atomic mass is 16.2. The van der Waals surface area contributed by atoms with Gasteiger partial charge in [0.1, 0.15) is 0 Å². The average molecular weight is 276 g/mol. The van der Waals surface area contributed by atoms with E-state index in [0.717, 1.165) is 37.7 Å². The molecule has 4 nitrogen and oxygen atoms in total. The second-order valence-corrected chi connectivity index (χ2v) is 6.35. The summed E-state index contributed by atoms with van der Waals surface area (Å²) in [6, 6.07) is 0.544. The predicted octanol–water partition coefficient (Wildman–Crippen LogP) is 2.19. The normalized spacial score (nSPS) is 27.2. The van der Waals surface area contributed by atoms with Gasteiger partial charge < -0.3 is 10.6 Å². The molecular weight excluding hydrogens is 252 g/mol. The molecule has 110 valence electrons. The van der Waals surface area contributed by atoms with Gasteiger partial charge in [0.15, 0.2) is 0 Å². The second-order valence-electron chi connectivity index (χ2n) is 6.35. The zero-order valence-electron chi connectivity index (χ0n) is 12.0. The van der Waals surface area contributed by atoms with E-state index in [-0.39, 0.29) is 24.3 Å². The molecule has 4 heteroatoms. The molecule has 1 aliphatic heterocycles. The van der Waals surface area contributed by atoms with Gasteiger partial charge in [0, 0.05) is 11.6 Å². The van der Waals surface area contributed by atoms with Crippen molar-refractivity contribution in [1.29, 1.82) is 0 Å². The molecular formula is C16H24N2O2. The van der Waals surface area contributed by atoms with Crippen LogP contribution in [0, 0.1) is 0 Å². The predicted molar refractivity (Wildman–Crippen MR) is 77.1 cm³/mol. The highest BCUT2D eigenvalue weighted by Gasteiger charge is 2.33. The van der Waals surface area contributed by atoms with E-state index in [1.807, 2.05) is 0 Å². The Kier molecular flexibility index (Phi) is 4.08. The molecule has 0 aromatic rings. The molecule has 3 rings (SSSR count). The third-order valence-electron chi connectivity index (χ3n) is 4.88. The van der Waals surface area contributed by atoms with Crippen molar-refractivity contribution in [3.63, 3.8) is 0 Å². The third-order valence-corrected chi connectivity index (χ3v) is 4.88. The largest absolute Gasteiger partial charge is 0.353 e. The van der Waals surface area contributed by atoms with Gasteiger partial charge in [-0.1, -0.05) is 25.7 Å². The van der Waals surface area contributed by atoms with Crippen LogP contribution in [0.5, 0.6) is 0 Å². The summed E-state index contributed by atoms with van der Waals surface area (Å²) >= 11 is 0. The quantitative estimate of drug-likeness (QED) is 0.830. The smallest absolute Gasteiger partial charge is 0.248 e. The number of carbonyl (C=O) groups excluding carboxylic acids is 2. The Hall–Kier alpha value is -1.32. The summed E-state index contributed by atoms with van der Waals surface area (Å²) in [6.45, 7) is 0. The Morgan fingerprint density at radius 2 is 1.85 bits per heavy atom. The summed E-state index contributed by atoms with van der Waals surface area (Å²) in [4.78, 5) is 24.2. The zero-order chi connectivity index (χ0) is 13.9. The summed E-state index contributed by atoms with van der Waals surface area (Å²) < 4.78 is 0. The van der Waals surface area contributed by atoms with Gasteiger partial charge in [-0.3, -0.25) is 9.59 Å². The fourth-order valence-corrected chi connectivity index (χ4v) is 3.80. The maximum atomic E-state index is 12.2. The monoisotopic (exact) mass is 276 g/mol. The molecule has 0 bridgehead atoms. The minimum atomic E-state index is -0.00862. The van der Waals surface area contributed by atoms with Crippen LogP contribution in [0.15, 0.2) is 11.1 Å². The van der Waals surface area contributed by atoms with Crippen LogP contribution in [-0.2, 0) is 9.59 Å². The Morgan fingerprint density at radius 1 is 1.10 bits per heavy atom. The van der Waals surface area contributed by atoms with Crippen molar-refractivity contribution in [2.24, 2.45) is 0 Å². The lowest BCUT2D eigenvalue weighted by atomic mass is 9.88. The van der Waals surface area contributed by atoms with Crippen LogP contribution in [0.1, 0.15) is 64.2 Å². The Balaban J connectivity index is 1.61. The van der Waals surface area contributed by atoms with E-state index in [9.17, 15) is 9.59 Å². The van der Waals surface area contributed by atoms with Crippen molar-refractivity contribution in [2.75, 3.05) is 0 Å². The highest BCUT2D eigenvalue weighted by Crippen LogP contribution is 2.32. The van der Waals surface area contributed by atoms with Crippen LogP contribution >= 0.6 is 0 Å². The molecule has 1 atom stereocenters. The molecule has 0 spiro atoms. The van der Waals surface area contributed by atoms with E-state index in [4.69, 9.17) is 0 Å². The average Bonchev–Trinajstić information content (AvgIpc) is 2.76. The first-order chi connectivity index (χ1) is 9.74. The highest BCUT2D eigenvalue weighted by molar-refractivity contribution is 6.02. The number of rotatable bonds is 3. The van der Waals surface area contributed by atoms with Crippen LogP contribution in [-0.4, -0.2) is 23.9 Å². The van der Waals surface area contributed by atoms with Crippen molar-refractivity contribution >= 4 is 11.8 Å². The fraction of sp³-hybridized carbons (Fsp3) is 0.750. The Labute approximate surface area is 120 Å². The van der Waals surface area contributed by atoms with Crippen LogP contribution in [0.2, 0.25) is 0 Å². The molecule has 2 N–H and O–H groups in total. The van der Waals surface area contributed by atoms with E-state index >= 15 is 0 Å². The SMILES string of the molecule is O=C(CC1=C2CCCCC2NC1=O)NC1CCCCC1. The van der Waals surface area contributed by atoms with Crippen molar-refractivity contribution in [1.82, 2.24) is 10.6 Å². The molecule has 3 aliphatic rings. The molecule has 0 radical (unpaired) electrons. The van der Waals surface area contributed by atoms with E-state index in [0.29, 0.717) is 6.04 Å². The number of amides is 2. The summed E-state index contributed by atoms with van der Waals surface area (Å²) in [7, 11) is 0. The van der Waals surface area contributed by atoms with Gasteiger partial charge in [-0.15, -0.1) is 0 Å². The molecule has 2 aliphatic carbocycles. The minimum Gasteiger partial charge on any atom is -0.353 e. The molecule has 1 heterocycles. The molecule has 2 fully saturated rings. The van der Waals surface area contributed by atoms with Gasteiger partial charge in [-0.25, -0.2) is 0 Å². The number of hydrogen-bond acceptors (Lipinski definition) is 2. The summed E-state index contributed by atoms with van der Waals surface area (Å²) in [5.74, 6) is 0.0199. The molecule has 1 unspecified atom stereocenters. The van der Waals surface area contributed by atoms with Crippen molar-refractivity contribution < 1.29 is 9.59 Å². The molecule has 0 aromatic carbocycles. The standard InChI is InChI=1S/C16H24N2O2/c19-15(17-11-6-2-1-3-7-11)10-13-12-8-4-5-9-14(12)18-16(13)20/h11,14H,1-10H2,(H,17,19)(H,18,20). The number of nitrogens with one attached hydrogen (secondary N) is 2. The van der Waals surface area contributed by atoms with Crippen LogP contribution in [0.3, 0.4) is 0 Å². The molecule has 20 heavy (non-hydrogen) atoms. The first-order valence-electron chi connectivity index (χ1n) is 8.06. The third kappa shape index (κ3) is 2.89. The van der Waals surface area contributed by atoms with Crippen molar-refractivity contribution in [3.8, 4) is 0 Å². The van der Waals surface area contributed by atoms with Gasteiger partial charge in [0.2, 0.25) is 11.8 Å². The number of carbonyl (C=O) groups is 2. The number of fused-ring (bicyclic) bond motifs is 1. The van der Waals surface area contributed by atoms with E-state index in [1.54, 1.807) is 0 Å². The van der Waals surface area contributed by atoms with Gasteiger partial charge in [0.25, 0.3) is 0 Å². The van der Waals surface area contributed by atoms with E-state index in [1.165, 1.54) is 31.3 Å². The van der Waals surface area contributed by atoms with Crippen molar-refractivity contribution in [3.05, 3.63) is 11.1 Å². The second kappa shape index (κ2) is 5.98. The molecule has 0 aromatic heterocycles. The topological polar surface area (TPSA) is 58.2 Å². The van der Waals surface area contributed by atoms with Gasteiger partial charge >= 0.3 is 0 Å². The minimum absolute atomic E-state index is 0.00862. The lowest BCUT2D eigenvalue weighted by Crippen LogP contribution is -2.36. The van der Waals surface area contributed by atoms with E-state index < -0.39 is 0 Å².